The molecular weight excluding hydrogens is 244 g/mol. The minimum Gasteiger partial charge on any atom is -0.350 e. The van der Waals surface area contributed by atoms with Crippen LogP contribution in [0.4, 0.5) is 0 Å². The average Bonchev–Trinajstić information content (AvgIpc) is 2.83. The van der Waals surface area contributed by atoms with Gasteiger partial charge in [0.2, 0.25) is 0 Å². The van der Waals surface area contributed by atoms with Crippen LogP contribution in [0.25, 0.3) is 0 Å². The fourth-order valence-electron chi connectivity index (χ4n) is 2.28. The molecule has 0 radical (unpaired) electrons. The van der Waals surface area contributed by atoms with E-state index in [1.54, 1.807) is 0 Å². The van der Waals surface area contributed by atoms with Crippen molar-refractivity contribution in [2.75, 3.05) is 6.54 Å². The minimum atomic E-state index is 0.227. The smallest absolute Gasteiger partial charge is 0.0470 e. The zero-order valence-corrected chi connectivity index (χ0v) is 13.1. The van der Waals surface area contributed by atoms with E-state index in [1.165, 1.54) is 16.7 Å². The van der Waals surface area contributed by atoms with Crippen molar-refractivity contribution in [3.8, 4) is 0 Å². The van der Waals surface area contributed by atoms with Crippen LogP contribution in [0.2, 0.25) is 0 Å². The monoisotopic (exact) mass is 270 g/mol. The summed E-state index contributed by atoms with van der Waals surface area (Å²) in [7, 11) is 0. The van der Waals surface area contributed by atoms with E-state index < -0.39 is 0 Å². The zero-order valence-electron chi connectivity index (χ0n) is 13.1. The number of hydrogen-bond acceptors (Lipinski definition) is 1. The van der Waals surface area contributed by atoms with Crippen LogP contribution in [0.1, 0.15) is 44.4 Å². The lowest BCUT2D eigenvalue weighted by molar-refractivity contribution is 0.590. The van der Waals surface area contributed by atoms with Crippen molar-refractivity contribution in [1.82, 2.24) is 9.88 Å². The van der Waals surface area contributed by atoms with E-state index in [2.05, 4.69) is 80.3 Å². The third kappa shape index (κ3) is 3.97. The highest BCUT2D eigenvalue weighted by Crippen LogP contribution is 2.22. The lowest BCUT2D eigenvalue weighted by Gasteiger charge is -2.19. The summed E-state index contributed by atoms with van der Waals surface area (Å²) < 4.78 is 2.25. The van der Waals surface area contributed by atoms with Gasteiger partial charge in [-0.1, -0.05) is 52.0 Å². The van der Waals surface area contributed by atoms with Gasteiger partial charge < -0.3 is 9.88 Å². The van der Waals surface area contributed by atoms with Crippen molar-refractivity contribution in [1.29, 1.82) is 0 Å². The average molecular weight is 270 g/mol. The molecule has 0 aliphatic carbocycles. The molecule has 2 heteroatoms. The molecule has 0 bridgehead atoms. The molecule has 1 N–H and O–H groups in total. The summed E-state index contributed by atoms with van der Waals surface area (Å²) in [6.07, 6.45) is 4.38. The Morgan fingerprint density at radius 2 is 1.70 bits per heavy atom. The maximum atomic E-state index is 3.35. The van der Waals surface area contributed by atoms with Crippen molar-refractivity contribution in [3.05, 3.63) is 59.4 Å². The number of nitrogens with one attached hydrogen (secondary N) is 1. The molecule has 20 heavy (non-hydrogen) atoms. The molecule has 1 aromatic heterocycles. The Labute approximate surface area is 122 Å². The molecule has 0 amide bonds. The number of rotatable bonds is 5. The Hall–Kier alpha value is -1.54. The van der Waals surface area contributed by atoms with Gasteiger partial charge in [-0.2, -0.15) is 0 Å². The van der Waals surface area contributed by atoms with Crippen LogP contribution in [0, 0.1) is 0 Å². The van der Waals surface area contributed by atoms with E-state index in [0.717, 1.165) is 19.6 Å². The summed E-state index contributed by atoms with van der Waals surface area (Å²) >= 11 is 0. The fraction of sp³-hybridized carbons (Fsp3) is 0.444. The van der Waals surface area contributed by atoms with E-state index in [-0.39, 0.29) is 5.41 Å². The van der Waals surface area contributed by atoms with Gasteiger partial charge in [0.15, 0.2) is 0 Å². The molecule has 0 atom stereocenters. The van der Waals surface area contributed by atoms with Crippen LogP contribution >= 0.6 is 0 Å². The zero-order chi connectivity index (χ0) is 14.6. The van der Waals surface area contributed by atoms with Crippen molar-refractivity contribution < 1.29 is 0 Å². The van der Waals surface area contributed by atoms with Crippen LogP contribution < -0.4 is 5.32 Å². The van der Waals surface area contributed by atoms with Crippen LogP contribution in [-0.2, 0) is 18.5 Å². The van der Waals surface area contributed by atoms with Gasteiger partial charge in [0.05, 0.1) is 0 Å². The van der Waals surface area contributed by atoms with Crippen LogP contribution in [0.3, 0.4) is 0 Å². The van der Waals surface area contributed by atoms with Crippen molar-refractivity contribution in [2.24, 2.45) is 0 Å². The lowest BCUT2D eigenvalue weighted by atomic mass is 9.87. The molecule has 0 unspecified atom stereocenters. The van der Waals surface area contributed by atoms with Gasteiger partial charge in [0.25, 0.3) is 0 Å². The third-order valence-electron chi connectivity index (χ3n) is 3.58. The summed E-state index contributed by atoms with van der Waals surface area (Å²) in [5, 5.41) is 3.35. The molecule has 2 rings (SSSR count). The first-order valence-corrected chi connectivity index (χ1v) is 7.44. The summed E-state index contributed by atoms with van der Waals surface area (Å²) in [4.78, 5) is 0. The number of hydrogen-bond donors (Lipinski definition) is 1. The molecule has 0 aliphatic rings. The Morgan fingerprint density at radius 1 is 1.00 bits per heavy atom. The summed E-state index contributed by atoms with van der Waals surface area (Å²) in [6.45, 7) is 11.8. The Kier molecular flexibility index (Phi) is 4.66. The number of nitrogens with zero attached hydrogens (tertiary/aromatic N) is 1. The molecule has 1 aromatic carbocycles. The standard InChI is InChI=1S/C18H26N2/c1-5-19-12-16-10-11-20(14-16)13-15-6-8-17(9-7-15)18(2,3)4/h6-11,14,19H,5,12-13H2,1-4H3. The highest BCUT2D eigenvalue weighted by molar-refractivity contribution is 5.28. The SMILES string of the molecule is CCNCc1ccn(Cc2ccc(C(C)(C)C)cc2)c1. The molecule has 2 nitrogen and oxygen atoms in total. The normalized spacial score (nSPS) is 11.8. The highest BCUT2D eigenvalue weighted by Gasteiger charge is 2.12. The molecule has 2 aromatic rings. The Balaban J connectivity index is 2.01. The van der Waals surface area contributed by atoms with E-state index in [9.17, 15) is 0 Å². The predicted octanol–water partition coefficient (Wildman–Crippen LogP) is 3.94. The molecule has 0 saturated heterocycles. The van der Waals surface area contributed by atoms with Crippen LogP contribution in [0.15, 0.2) is 42.7 Å². The molecular formula is C18H26N2. The van der Waals surface area contributed by atoms with E-state index in [0.29, 0.717) is 0 Å². The molecule has 0 fully saturated rings. The van der Waals surface area contributed by atoms with Crippen molar-refractivity contribution >= 4 is 0 Å². The van der Waals surface area contributed by atoms with Gasteiger partial charge in [0, 0.05) is 25.5 Å². The molecule has 1 heterocycles. The third-order valence-corrected chi connectivity index (χ3v) is 3.58. The van der Waals surface area contributed by atoms with Gasteiger partial charge in [-0.15, -0.1) is 0 Å². The first-order chi connectivity index (χ1) is 9.49. The molecule has 0 saturated carbocycles. The Morgan fingerprint density at radius 3 is 2.30 bits per heavy atom. The van der Waals surface area contributed by atoms with Gasteiger partial charge in [-0.25, -0.2) is 0 Å². The van der Waals surface area contributed by atoms with Gasteiger partial charge in [-0.3, -0.25) is 0 Å². The summed E-state index contributed by atoms with van der Waals surface area (Å²) in [5.74, 6) is 0. The molecule has 0 spiro atoms. The first kappa shape index (κ1) is 14.9. The van der Waals surface area contributed by atoms with E-state index >= 15 is 0 Å². The summed E-state index contributed by atoms with van der Waals surface area (Å²) in [5.41, 5.74) is 4.31. The second-order valence-corrected chi connectivity index (χ2v) is 6.42. The largest absolute Gasteiger partial charge is 0.350 e. The predicted molar refractivity (Wildman–Crippen MR) is 86.1 cm³/mol. The second kappa shape index (κ2) is 6.27. The second-order valence-electron chi connectivity index (χ2n) is 6.42. The van der Waals surface area contributed by atoms with Crippen molar-refractivity contribution in [3.63, 3.8) is 0 Å². The quantitative estimate of drug-likeness (QED) is 0.870. The molecule has 108 valence electrons. The van der Waals surface area contributed by atoms with E-state index in [4.69, 9.17) is 0 Å². The van der Waals surface area contributed by atoms with Gasteiger partial charge in [-0.05, 0) is 34.7 Å². The molecule has 0 aliphatic heterocycles. The minimum absolute atomic E-state index is 0.227. The maximum absolute atomic E-state index is 3.35. The van der Waals surface area contributed by atoms with Crippen molar-refractivity contribution in [2.45, 2.75) is 46.2 Å². The van der Waals surface area contributed by atoms with Gasteiger partial charge in [0.1, 0.15) is 0 Å². The number of aromatic nitrogens is 1. The fourth-order valence-corrected chi connectivity index (χ4v) is 2.28. The van der Waals surface area contributed by atoms with Gasteiger partial charge >= 0.3 is 0 Å². The topological polar surface area (TPSA) is 17.0 Å². The maximum Gasteiger partial charge on any atom is 0.0470 e. The highest BCUT2D eigenvalue weighted by atomic mass is 14.9. The number of benzene rings is 1. The summed E-state index contributed by atoms with van der Waals surface area (Å²) in [6, 6.07) is 11.2. The first-order valence-electron chi connectivity index (χ1n) is 7.44. The Bertz CT molecular complexity index is 529. The van der Waals surface area contributed by atoms with Crippen LogP contribution in [0.5, 0.6) is 0 Å². The van der Waals surface area contributed by atoms with Crippen LogP contribution in [-0.4, -0.2) is 11.1 Å². The van der Waals surface area contributed by atoms with E-state index in [1.807, 2.05) is 0 Å². The lowest BCUT2D eigenvalue weighted by Crippen LogP contribution is -2.11.